The summed E-state index contributed by atoms with van der Waals surface area (Å²) >= 11 is 12.4. The molecule has 0 radical (unpaired) electrons. The second-order valence-electron chi connectivity index (χ2n) is 6.39. The minimum atomic E-state index is -0.844. The van der Waals surface area contributed by atoms with Crippen molar-refractivity contribution in [3.63, 3.8) is 0 Å². The van der Waals surface area contributed by atoms with Gasteiger partial charge in [-0.2, -0.15) is 5.26 Å². The zero-order valence-electron chi connectivity index (χ0n) is 13.8. The molecule has 1 unspecified atom stereocenters. The number of halogens is 2. The summed E-state index contributed by atoms with van der Waals surface area (Å²) in [4.78, 5) is 14.6. The molecule has 3 nitrogen and oxygen atoms in total. The number of hydrogen-bond donors (Lipinski definition) is 0. The summed E-state index contributed by atoms with van der Waals surface area (Å²) in [5, 5.41) is 10.4. The van der Waals surface area contributed by atoms with Gasteiger partial charge in [-0.1, -0.05) is 53.5 Å². The fourth-order valence-corrected chi connectivity index (χ4v) is 2.94. The van der Waals surface area contributed by atoms with Gasteiger partial charge in [0.25, 0.3) is 5.91 Å². The minimum Gasteiger partial charge on any atom is -0.314 e. The van der Waals surface area contributed by atoms with Crippen molar-refractivity contribution >= 4 is 29.1 Å². The van der Waals surface area contributed by atoms with Gasteiger partial charge >= 0.3 is 0 Å². The SMILES string of the molecule is CC(C)(C)N(C(=O)c1ccccc1)C(C#N)c1cccc(Cl)c1Cl. The molecule has 0 aliphatic heterocycles. The second kappa shape index (κ2) is 7.25. The van der Waals surface area contributed by atoms with Gasteiger partial charge in [0.15, 0.2) is 0 Å². The van der Waals surface area contributed by atoms with Gasteiger partial charge in [-0.05, 0) is 39.0 Å². The molecule has 0 aliphatic rings. The maximum atomic E-state index is 13.1. The lowest BCUT2D eigenvalue weighted by atomic mass is 9.96. The average molecular weight is 361 g/mol. The molecule has 0 saturated carbocycles. The number of nitriles is 1. The number of rotatable bonds is 3. The molecular weight excluding hydrogens is 343 g/mol. The molecule has 0 spiro atoms. The summed E-state index contributed by atoms with van der Waals surface area (Å²) in [7, 11) is 0. The summed E-state index contributed by atoms with van der Waals surface area (Å²) in [6.45, 7) is 5.66. The molecule has 1 amide bonds. The van der Waals surface area contributed by atoms with Gasteiger partial charge in [0.2, 0.25) is 0 Å². The van der Waals surface area contributed by atoms with Crippen LogP contribution in [0.15, 0.2) is 48.5 Å². The van der Waals surface area contributed by atoms with Crippen molar-refractivity contribution < 1.29 is 4.79 Å². The number of benzene rings is 2. The lowest BCUT2D eigenvalue weighted by Crippen LogP contribution is -2.47. The van der Waals surface area contributed by atoms with E-state index in [4.69, 9.17) is 23.2 Å². The maximum absolute atomic E-state index is 13.1. The predicted molar refractivity (Wildman–Crippen MR) is 97.2 cm³/mol. The van der Waals surface area contributed by atoms with Crippen LogP contribution in [0.2, 0.25) is 10.0 Å². The van der Waals surface area contributed by atoms with Crippen molar-refractivity contribution in [1.29, 1.82) is 5.26 Å². The molecule has 2 aromatic carbocycles. The van der Waals surface area contributed by atoms with E-state index in [9.17, 15) is 10.1 Å². The van der Waals surface area contributed by atoms with E-state index < -0.39 is 11.6 Å². The smallest absolute Gasteiger partial charge is 0.255 e. The Balaban J connectivity index is 2.57. The van der Waals surface area contributed by atoms with Gasteiger partial charge in [-0.25, -0.2) is 0 Å². The normalized spacial score (nSPS) is 12.3. The molecule has 0 heterocycles. The van der Waals surface area contributed by atoms with Crippen molar-refractivity contribution in [1.82, 2.24) is 4.90 Å². The highest BCUT2D eigenvalue weighted by molar-refractivity contribution is 6.42. The van der Waals surface area contributed by atoms with Gasteiger partial charge < -0.3 is 4.90 Å². The zero-order chi connectivity index (χ0) is 17.9. The average Bonchev–Trinajstić information content (AvgIpc) is 2.54. The third-order valence-corrected chi connectivity index (χ3v) is 4.45. The fraction of sp³-hybridized carbons (Fsp3) is 0.263. The molecule has 2 rings (SSSR count). The molecule has 0 aliphatic carbocycles. The highest BCUT2D eigenvalue weighted by Crippen LogP contribution is 2.36. The Morgan fingerprint density at radius 3 is 2.25 bits per heavy atom. The van der Waals surface area contributed by atoms with Gasteiger partial charge in [0.05, 0.1) is 16.1 Å². The van der Waals surface area contributed by atoms with E-state index in [0.717, 1.165) is 0 Å². The van der Waals surface area contributed by atoms with Gasteiger partial charge in [0, 0.05) is 16.7 Å². The third-order valence-electron chi connectivity index (χ3n) is 3.62. The van der Waals surface area contributed by atoms with Gasteiger partial charge in [0.1, 0.15) is 6.04 Å². The van der Waals surface area contributed by atoms with Crippen LogP contribution in [0, 0.1) is 11.3 Å². The van der Waals surface area contributed by atoms with E-state index in [0.29, 0.717) is 21.2 Å². The van der Waals surface area contributed by atoms with Crippen molar-refractivity contribution in [2.24, 2.45) is 0 Å². The van der Waals surface area contributed by atoms with Crippen LogP contribution in [-0.4, -0.2) is 16.3 Å². The Bertz CT molecular complexity index is 776. The van der Waals surface area contributed by atoms with Crippen LogP contribution in [0.5, 0.6) is 0 Å². The zero-order valence-corrected chi connectivity index (χ0v) is 15.3. The quantitative estimate of drug-likeness (QED) is 0.725. The number of carbonyl (C=O) groups excluding carboxylic acids is 1. The fourth-order valence-electron chi connectivity index (χ4n) is 2.53. The maximum Gasteiger partial charge on any atom is 0.255 e. The van der Waals surface area contributed by atoms with Crippen molar-refractivity contribution in [3.05, 3.63) is 69.7 Å². The van der Waals surface area contributed by atoms with Crippen molar-refractivity contribution in [3.8, 4) is 6.07 Å². The van der Waals surface area contributed by atoms with E-state index in [2.05, 4.69) is 6.07 Å². The first-order chi connectivity index (χ1) is 11.3. The summed E-state index contributed by atoms with van der Waals surface area (Å²) in [5.41, 5.74) is 0.454. The van der Waals surface area contributed by atoms with E-state index in [-0.39, 0.29) is 5.91 Å². The van der Waals surface area contributed by atoms with Crippen molar-refractivity contribution in [2.45, 2.75) is 32.4 Å². The summed E-state index contributed by atoms with van der Waals surface area (Å²) < 4.78 is 0. The number of carbonyl (C=O) groups is 1. The predicted octanol–water partition coefficient (Wildman–Crippen LogP) is 5.50. The molecular formula is C19H18Cl2N2O. The molecule has 1 atom stereocenters. The van der Waals surface area contributed by atoms with Gasteiger partial charge in [-0.15, -0.1) is 0 Å². The van der Waals surface area contributed by atoms with E-state index in [1.807, 2.05) is 26.8 Å². The molecule has 24 heavy (non-hydrogen) atoms. The largest absolute Gasteiger partial charge is 0.314 e. The monoisotopic (exact) mass is 360 g/mol. The Hall–Kier alpha value is -2.02. The molecule has 0 fully saturated rings. The lowest BCUT2D eigenvalue weighted by molar-refractivity contribution is 0.0509. The molecule has 0 N–H and O–H groups in total. The molecule has 0 saturated heterocycles. The molecule has 0 bridgehead atoms. The molecule has 5 heteroatoms. The van der Waals surface area contributed by atoms with E-state index in [1.54, 1.807) is 47.4 Å². The van der Waals surface area contributed by atoms with Crippen molar-refractivity contribution in [2.75, 3.05) is 0 Å². The summed E-state index contributed by atoms with van der Waals surface area (Å²) in [6, 6.07) is 15.4. The molecule has 124 valence electrons. The number of hydrogen-bond acceptors (Lipinski definition) is 2. The minimum absolute atomic E-state index is 0.231. The second-order valence-corrected chi connectivity index (χ2v) is 7.17. The van der Waals surface area contributed by atoms with Crippen LogP contribution in [0.25, 0.3) is 0 Å². The highest BCUT2D eigenvalue weighted by Gasteiger charge is 2.36. The van der Waals surface area contributed by atoms with Gasteiger partial charge in [-0.3, -0.25) is 4.79 Å². The Morgan fingerprint density at radius 1 is 1.08 bits per heavy atom. The molecule has 2 aromatic rings. The van der Waals surface area contributed by atoms with Crippen LogP contribution in [0.1, 0.15) is 42.7 Å². The first kappa shape index (κ1) is 18.3. The first-order valence-corrected chi connectivity index (χ1v) is 8.25. The molecule has 0 aromatic heterocycles. The van der Waals surface area contributed by atoms with Crippen LogP contribution in [-0.2, 0) is 0 Å². The van der Waals surface area contributed by atoms with E-state index >= 15 is 0 Å². The van der Waals surface area contributed by atoms with E-state index in [1.165, 1.54) is 0 Å². The van der Waals surface area contributed by atoms with Crippen LogP contribution < -0.4 is 0 Å². The third kappa shape index (κ3) is 3.72. The Kier molecular flexibility index (Phi) is 5.54. The van der Waals surface area contributed by atoms with Crippen LogP contribution in [0.3, 0.4) is 0 Å². The Labute approximate surface area is 152 Å². The summed E-state index contributed by atoms with van der Waals surface area (Å²) in [6.07, 6.45) is 0. The van der Waals surface area contributed by atoms with Crippen LogP contribution in [0.4, 0.5) is 0 Å². The Morgan fingerprint density at radius 2 is 1.71 bits per heavy atom. The standard InChI is InChI=1S/C19H18Cl2N2O/c1-19(2,3)23(18(24)13-8-5-4-6-9-13)16(12-22)14-10-7-11-15(20)17(14)21/h4-11,16H,1-3H3. The lowest BCUT2D eigenvalue weighted by Gasteiger charge is -2.39. The highest BCUT2D eigenvalue weighted by atomic mass is 35.5. The summed E-state index contributed by atoms with van der Waals surface area (Å²) in [5.74, 6) is -0.231. The van der Waals surface area contributed by atoms with Crippen LogP contribution >= 0.6 is 23.2 Å². The topological polar surface area (TPSA) is 44.1 Å². The first-order valence-electron chi connectivity index (χ1n) is 7.49. The number of amides is 1. The number of nitrogens with zero attached hydrogens (tertiary/aromatic N) is 2.